The van der Waals surface area contributed by atoms with E-state index in [4.69, 9.17) is 14.2 Å². The lowest BCUT2D eigenvalue weighted by Crippen LogP contribution is -2.45. The first-order valence-corrected chi connectivity index (χ1v) is 8.62. The Morgan fingerprint density at radius 3 is 2.81 bits per heavy atom. The molecule has 1 aliphatic heterocycles. The topological polar surface area (TPSA) is 73.8 Å². The Bertz CT molecular complexity index is 739. The molecule has 1 amide bonds. The molecule has 0 spiro atoms. The predicted octanol–water partition coefficient (Wildman–Crippen LogP) is 2.11. The van der Waals surface area contributed by atoms with Crippen LogP contribution < -0.4 is 14.2 Å². The molecule has 7 nitrogen and oxygen atoms in total. The molecule has 1 aromatic carbocycles. The van der Waals surface area contributed by atoms with Gasteiger partial charge in [-0.15, -0.1) is 5.10 Å². The van der Waals surface area contributed by atoms with Gasteiger partial charge in [0.1, 0.15) is 6.10 Å². The average Bonchev–Trinajstić information content (AvgIpc) is 2.69. The summed E-state index contributed by atoms with van der Waals surface area (Å²) in [5.74, 6) is 1.84. The van der Waals surface area contributed by atoms with Crippen LogP contribution in [0.4, 0.5) is 0 Å². The number of carbonyl (C=O) groups is 1. The third-order valence-electron chi connectivity index (χ3n) is 4.37. The number of likely N-dealkylation sites (tertiary alicyclic amines) is 1. The van der Waals surface area contributed by atoms with Crippen molar-refractivity contribution >= 4 is 5.91 Å². The van der Waals surface area contributed by atoms with Crippen molar-refractivity contribution in [3.63, 3.8) is 0 Å². The van der Waals surface area contributed by atoms with Crippen LogP contribution in [-0.2, 0) is 11.2 Å². The van der Waals surface area contributed by atoms with Crippen molar-refractivity contribution < 1.29 is 19.0 Å². The smallest absolute Gasteiger partial charge is 0.233 e. The molecule has 1 unspecified atom stereocenters. The van der Waals surface area contributed by atoms with Crippen LogP contribution in [0, 0.1) is 0 Å². The number of ether oxygens (including phenoxy) is 3. The molecule has 0 aliphatic carbocycles. The maximum atomic E-state index is 12.7. The van der Waals surface area contributed by atoms with E-state index in [1.807, 2.05) is 23.1 Å². The van der Waals surface area contributed by atoms with Gasteiger partial charge in [0.25, 0.3) is 0 Å². The normalized spacial score (nSPS) is 16.8. The van der Waals surface area contributed by atoms with Crippen molar-refractivity contribution in [2.24, 2.45) is 0 Å². The SMILES string of the molecule is COc1ccc(CC(=O)N2CCCC(Oc3cccnn3)C2)cc1OC. The highest BCUT2D eigenvalue weighted by Crippen LogP contribution is 2.28. The van der Waals surface area contributed by atoms with Crippen LogP contribution in [0.1, 0.15) is 18.4 Å². The van der Waals surface area contributed by atoms with Crippen molar-refractivity contribution in [2.45, 2.75) is 25.4 Å². The Hall–Kier alpha value is -2.83. The van der Waals surface area contributed by atoms with Crippen LogP contribution in [0.5, 0.6) is 17.4 Å². The summed E-state index contributed by atoms with van der Waals surface area (Å²) >= 11 is 0. The van der Waals surface area contributed by atoms with Crippen LogP contribution in [0.3, 0.4) is 0 Å². The van der Waals surface area contributed by atoms with Gasteiger partial charge in [-0.25, -0.2) is 0 Å². The number of nitrogens with zero attached hydrogens (tertiary/aromatic N) is 3. The molecule has 3 rings (SSSR count). The lowest BCUT2D eigenvalue weighted by atomic mass is 10.1. The number of carbonyl (C=O) groups excluding carboxylic acids is 1. The van der Waals surface area contributed by atoms with Crippen LogP contribution in [0.2, 0.25) is 0 Å². The second-order valence-corrected chi connectivity index (χ2v) is 6.15. The maximum absolute atomic E-state index is 12.7. The zero-order valence-corrected chi connectivity index (χ0v) is 15.1. The summed E-state index contributed by atoms with van der Waals surface area (Å²) in [6.45, 7) is 1.30. The summed E-state index contributed by atoms with van der Waals surface area (Å²) in [6, 6.07) is 9.10. The molecule has 1 fully saturated rings. The highest BCUT2D eigenvalue weighted by atomic mass is 16.5. The summed E-state index contributed by atoms with van der Waals surface area (Å²) < 4.78 is 16.4. The molecule has 2 aromatic rings. The Morgan fingerprint density at radius 1 is 1.23 bits per heavy atom. The molecular weight excluding hydrogens is 334 g/mol. The summed E-state index contributed by atoms with van der Waals surface area (Å²) in [5, 5.41) is 7.76. The summed E-state index contributed by atoms with van der Waals surface area (Å²) in [7, 11) is 3.18. The number of methoxy groups -OCH3 is 2. The van der Waals surface area contributed by atoms with Gasteiger partial charge in [0.05, 0.1) is 27.2 Å². The van der Waals surface area contributed by atoms with Crippen LogP contribution in [0.15, 0.2) is 36.5 Å². The van der Waals surface area contributed by atoms with Gasteiger partial charge in [-0.2, -0.15) is 5.10 Å². The average molecular weight is 357 g/mol. The molecule has 138 valence electrons. The Balaban J connectivity index is 1.60. The number of rotatable bonds is 6. The zero-order valence-electron chi connectivity index (χ0n) is 15.1. The molecule has 0 N–H and O–H groups in total. The lowest BCUT2D eigenvalue weighted by molar-refractivity contribution is -0.133. The number of piperidine rings is 1. The number of benzene rings is 1. The molecule has 2 heterocycles. The fourth-order valence-electron chi connectivity index (χ4n) is 3.06. The summed E-state index contributed by atoms with van der Waals surface area (Å²) in [6.07, 6.45) is 3.67. The molecule has 1 saturated heterocycles. The van der Waals surface area contributed by atoms with E-state index in [0.717, 1.165) is 24.9 Å². The van der Waals surface area contributed by atoms with E-state index in [-0.39, 0.29) is 12.0 Å². The monoisotopic (exact) mass is 357 g/mol. The van der Waals surface area contributed by atoms with E-state index < -0.39 is 0 Å². The molecular formula is C19H23N3O4. The van der Waals surface area contributed by atoms with E-state index in [2.05, 4.69) is 10.2 Å². The molecule has 7 heteroatoms. The standard InChI is InChI=1S/C19H23N3O4/c1-24-16-8-7-14(11-17(16)25-2)12-19(23)22-10-4-5-15(13-22)26-18-6-3-9-20-21-18/h3,6-9,11,15H,4-5,10,12-13H2,1-2H3. The van der Waals surface area contributed by atoms with Gasteiger partial charge in [-0.3, -0.25) is 4.79 Å². The van der Waals surface area contributed by atoms with Gasteiger partial charge in [0.15, 0.2) is 11.5 Å². The van der Waals surface area contributed by atoms with E-state index in [1.165, 1.54) is 0 Å². The van der Waals surface area contributed by atoms with Gasteiger partial charge >= 0.3 is 0 Å². The number of hydrogen-bond donors (Lipinski definition) is 0. The molecule has 0 saturated carbocycles. The van der Waals surface area contributed by atoms with Gasteiger partial charge < -0.3 is 19.1 Å². The van der Waals surface area contributed by atoms with E-state index in [0.29, 0.717) is 30.3 Å². The minimum absolute atomic E-state index is 0.0604. The fraction of sp³-hybridized carbons (Fsp3) is 0.421. The first-order chi connectivity index (χ1) is 12.7. The molecule has 1 aliphatic rings. The van der Waals surface area contributed by atoms with Gasteiger partial charge in [-0.1, -0.05) is 6.07 Å². The number of hydrogen-bond acceptors (Lipinski definition) is 6. The highest BCUT2D eigenvalue weighted by Gasteiger charge is 2.25. The highest BCUT2D eigenvalue weighted by molar-refractivity contribution is 5.79. The largest absolute Gasteiger partial charge is 0.493 e. The summed E-state index contributed by atoms with van der Waals surface area (Å²) in [4.78, 5) is 14.5. The van der Waals surface area contributed by atoms with Gasteiger partial charge in [-0.05, 0) is 36.6 Å². The van der Waals surface area contributed by atoms with E-state index in [1.54, 1.807) is 32.5 Å². The van der Waals surface area contributed by atoms with Crippen LogP contribution >= 0.6 is 0 Å². The first kappa shape index (κ1) is 18.0. The third-order valence-corrected chi connectivity index (χ3v) is 4.37. The first-order valence-electron chi connectivity index (χ1n) is 8.62. The Labute approximate surface area is 152 Å². The summed E-state index contributed by atoms with van der Waals surface area (Å²) in [5.41, 5.74) is 0.893. The quantitative estimate of drug-likeness (QED) is 0.788. The molecule has 0 bridgehead atoms. The molecule has 0 radical (unpaired) electrons. The zero-order chi connectivity index (χ0) is 18.4. The minimum atomic E-state index is -0.0604. The van der Waals surface area contributed by atoms with Crippen molar-refractivity contribution in [2.75, 3.05) is 27.3 Å². The van der Waals surface area contributed by atoms with Crippen LogP contribution in [-0.4, -0.2) is 54.4 Å². The number of aromatic nitrogens is 2. The molecule has 26 heavy (non-hydrogen) atoms. The lowest BCUT2D eigenvalue weighted by Gasteiger charge is -2.32. The number of amides is 1. The molecule has 1 aromatic heterocycles. The predicted molar refractivity (Wildman–Crippen MR) is 95.5 cm³/mol. The van der Waals surface area contributed by atoms with Crippen LogP contribution in [0.25, 0.3) is 0 Å². The molecule has 1 atom stereocenters. The minimum Gasteiger partial charge on any atom is -0.493 e. The Morgan fingerprint density at radius 2 is 2.08 bits per heavy atom. The van der Waals surface area contributed by atoms with Crippen molar-refractivity contribution in [1.29, 1.82) is 0 Å². The van der Waals surface area contributed by atoms with Gasteiger partial charge in [0, 0.05) is 18.8 Å². The maximum Gasteiger partial charge on any atom is 0.233 e. The van der Waals surface area contributed by atoms with Crippen molar-refractivity contribution in [1.82, 2.24) is 15.1 Å². The van der Waals surface area contributed by atoms with E-state index in [9.17, 15) is 4.79 Å². The second kappa shape index (κ2) is 8.51. The van der Waals surface area contributed by atoms with Gasteiger partial charge in [0.2, 0.25) is 11.8 Å². The van der Waals surface area contributed by atoms with Crippen molar-refractivity contribution in [3.05, 3.63) is 42.1 Å². The second-order valence-electron chi connectivity index (χ2n) is 6.15. The Kier molecular flexibility index (Phi) is 5.88. The van der Waals surface area contributed by atoms with E-state index >= 15 is 0 Å². The van der Waals surface area contributed by atoms with Crippen molar-refractivity contribution in [3.8, 4) is 17.4 Å². The fourth-order valence-corrected chi connectivity index (χ4v) is 3.06. The third kappa shape index (κ3) is 4.41.